The molecular weight excluding hydrogens is 332 g/mol. The van der Waals surface area contributed by atoms with Crippen molar-refractivity contribution in [2.24, 2.45) is 0 Å². The molecule has 1 amide bonds. The number of nitrogens with zero attached hydrogens (tertiary/aromatic N) is 5. The Kier molecular flexibility index (Phi) is 4.65. The van der Waals surface area contributed by atoms with Crippen LogP contribution in [0.25, 0.3) is 11.6 Å². The number of likely N-dealkylation sites (tertiary alicyclic amines) is 1. The molecule has 26 heavy (non-hydrogen) atoms. The molecule has 3 heterocycles. The van der Waals surface area contributed by atoms with Gasteiger partial charge in [0.25, 0.3) is 0 Å². The lowest BCUT2D eigenvalue weighted by atomic mass is 10.0. The fourth-order valence-corrected chi connectivity index (χ4v) is 2.82. The van der Waals surface area contributed by atoms with Crippen LogP contribution in [0.2, 0.25) is 0 Å². The molecule has 0 bridgehead atoms. The number of hydrogen-bond donors (Lipinski definition) is 1. The second kappa shape index (κ2) is 7.40. The zero-order valence-corrected chi connectivity index (χ0v) is 14.1. The first-order valence-electron chi connectivity index (χ1n) is 8.42. The van der Waals surface area contributed by atoms with Crippen LogP contribution in [-0.2, 0) is 11.3 Å². The van der Waals surface area contributed by atoms with Crippen LogP contribution >= 0.6 is 0 Å². The second-order valence-corrected chi connectivity index (χ2v) is 6.18. The summed E-state index contributed by atoms with van der Waals surface area (Å²) in [7, 11) is 0. The SMILES string of the molecule is O=C(CN1CC(c2nc(-c3ncccn3)no2)C1)NCc1ccccc1. The average molecular weight is 350 g/mol. The van der Waals surface area contributed by atoms with Crippen LogP contribution in [0.3, 0.4) is 0 Å². The Morgan fingerprint density at radius 3 is 2.65 bits per heavy atom. The number of benzene rings is 1. The molecule has 0 aliphatic carbocycles. The van der Waals surface area contributed by atoms with E-state index >= 15 is 0 Å². The van der Waals surface area contributed by atoms with Crippen LogP contribution in [-0.4, -0.2) is 50.5 Å². The minimum Gasteiger partial charge on any atom is -0.351 e. The van der Waals surface area contributed by atoms with Crippen LogP contribution < -0.4 is 5.32 Å². The summed E-state index contributed by atoms with van der Waals surface area (Å²) in [5.41, 5.74) is 1.09. The number of nitrogens with one attached hydrogen (secondary N) is 1. The summed E-state index contributed by atoms with van der Waals surface area (Å²) >= 11 is 0. The number of carbonyl (C=O) groups excluding carboxylic acids is 1. The van der Waals surface area contributed by atoms with Gasteiger partial charge in [-0.2, -0.15) is 4.98 Å². The van der Waals surface area contributed by atoms with Gasteiger partial charge in [-0.1, -0.05) is 35.5 Å². The van der Waals surface area contributed by atoms with E-state index in [-0.39, 0.29) is 11.8 Å². The van der Waals surface area contributed by atoms with E-state index in [0.717, 1.165) is 18.7 Å². The van der Waals surface area contributed by atoms with Gasteiger partial charge in [-0.15, -0.1) is 0 Å². The Bertz CT molecular complexity index is 862. The number of carbonyl (C=O) groups is 1. The van der Waals surface area contributed by atoms with Gasteiger partial charge in [-0.3, -0.25) is 9.69 Å². The summed E-state index contributed by atoms with van der Waals surface area (Å²) < 4.78 is 5.31. The van der Waals surface area contributed by atoms with Gasteiger partial charge in [-0.05, 0) is 11.6 Å². The van der Waals surface area contributed by atoms with Crippen molar-refractivity contribution in [2.45, 2.75) is 12.5 Å². The zero-order chi connectivity index (χ0) is 17.8. The molecule has 1 aliphatic heterocycles. The van der Waals surface area contributed by atoms with Crippen molar-refractivity contribution in [3.63, 3.8) is 0 Å². The normalized spacial score (nSPS) is 14.8. The van der Waals surface area contributed by atoms with Crippen molar-refractivity contribution >= 4 is 5.91 Å². The van der Waals surface area contributed by atoms with E-state index < -0.39 is 0 Å². The van der Waals surface area contributed by atoms with E-state index in [1.54, 1.807) is 18.5 Å². The van der Waals surface area contributed by atoms with Gasteiger partial charge >= 0.3 is 0 Å². The Morgan fingerprint density at radius 2 is 1.88 bits per heavy atom. The van der Waals surface area contributed by atoms with Crippen LogP contribution in [0.5, 0.6) is 0 Å². The maximum Gasteiger partial charge on any atom is 0.240 e. The molecule has 0 atom stereocenters. The number of rotatable bonds is 6. The van der Waals surface area contributed by atoms with Crippen molar-refractivity contribution in [1.29, 1.82) is 0 Å². The van der Waals surface area contributed by atoms with Crippen molar-refractivity contribution < 1.29 is 9.32 Å². The smallest absolute Gasteiger partial charge is 0.240 e. The Morgan fingerprint density at radius 1 is 1.12 bits per heavy atom. The Hall–Kier alpha value is -3.13. The first-order chi connectivity index (χ1) is 12.8. The molecule has 2 aromatic heterocycles. The number of aromatic nitrogens is 4. The topological polar surface area (TPSA) is 97.0 Å². The third-order valence-corrected chi connectivity index (χ3v) is 4.21. The second-order valence-electron chi connectivity index (χ2n) is 6.18. The molecule has 0 unspecified atom stereocenters. The van der Waals surface area contributed by atoms with Gasteiger partial charge in [0.05, 0.1) is 12.5 Å². The molecule has 1 saturated heterocycles. The van der Waals surface area contributed by atoms with Crippen LogP contribution in [0.1, 0.15) is 17.4 Å². The standard InChI is InChI=1S/C18H18N6O2/c25-15(21-9-13-5-2-1-3-6-13)12-24-10-14(11-24)18-22-17(23-26-18)16-19-7-4-8-20-16/h1-8,14H,9-12H2,(H,21,25). The minimum absolute atomic E-state index is 0.0104. The summed E-state index contributed by atoms with van der Waals surface area (Å²) in [6, 6.07) is 11.6. The maximum atomic E-state index is 12.0. The van der Waals surface area contributed by atoms with Gasteiger partial charge in [0.1, 0.15) is 0 Å². The largest absolute Gasteiger partial charge is 0.351 e. The quantitative estimate of drug-likeness (QED) is 0.714. The highest BCUT2D eigenvalue weighted by Gasteiger charge is 2.33. The third kappa shape index (κ3) is 3.75. The molecular formula is C18H18N6O2. The summed E-state index contributed by atoms with van der Waals surface area (Å²) in [6.07, 6.45) is 3.27. The molecule has 0 radical (unpaired) electrons. The average Bonchev–Trinajstić information content (AvgIpc) is 3.14. The van der Waals surface area contributed by atoms with Gasteiger partial charge < -0.3 is 9.84 Å². The highest BCUT2D eigenvalue weighted by atomic mass is 16.5. The van der Waals surface area contributed by atoms with Crippen LogP contribution in [0, 0.1) is 0 Å². The molecule has 132 valence electrons. The molecule has 0 spiro atoms. The molecule has 4 rings (SSSR count). The van der Waals surface area contributed by atoms with Crippen molar-refractivity contribution in [3.05, 3.63) is 60.2 Å². The van der Waals surface area contributed by atoms with E-state index in [4.69, 9.17) is 4.52 Å². The monoisotopic (exact) mass is 350 g/mol. The fourth-order valence-electron chi connectivity index (χ4n) is 2.82. The van der Waals surface area contributed by atoms with Gasteiger partial charge in [0.15, 0.2) is 0 Å². The van der Waals surface area contributed by atoms with Crippen molar-refractivity contribution in [1.82, 2.24) is 30.3 Å². The highest BCUT2D eigenvalue weighted by Crippen LogP contribution is 2.26. The maximum absolute atomic E-state index is 12.0. The van der Waals surface area contributed by atoms with E-state index in [2.05, 4.69) is 25.4 Å². The molecule has 1 aliphatic rings. The van der Waals surface area contributed by atoms with Crippen LogP contribution in [0.4, 0.5) is 0 Å². The van der Waals surface area contributed by atoms with E-state index in [1.807, 2.05) is 35.2 Å². The van der Waals surface area contributed by atoms with Crippen LogP contribution in [0.15, 0.2) is 53.3 Å². The summed E-state index contributed by atoms with van der Waals surface area (Å²) in [5.74, 6) is 1.55. The predicted octanol–water partition coefficient (Wildman–Crippen LogP) is 1.24. The molecule has 1 N–H and O–H groups in total. The van der Waals surface area contributed by atoms with E-state index in [1.165, 1.54) is 0 Å². The lowest BCUT2D eigenvalue weighted by Gasteiger charge is -2.36. The predicted molar refractivity (Wildman–Crippen MR) is 92.8 cm³/mol. The van der Waals surface area contributed by atoms with E-state index in [9.17, 15) is 4.79 Å². The summed E-state index contributed by atoms with van der Waals surface area (Å²) in [5, 5.41) is 6.86. The summed E-state index contributed by atoms with van der Waals surface area (Å²) in [4.78, 5) is 26.7. The van der Waals surface area contributed by atoms with Gasteiger partial charge in [-0.25, -0.2) is 9.97 Å². The lowest BCUT2D eigenvalue weighted by molar-refractivity contribution is -0.123. The lowest BCUT2D eigenvalue weighted by Crippen LogP contribution is -2.49. The molecule has 3 aromatic rings. The van der Waals surface area contributed by atoms with Crippen molar-refractivity contribution in [2.75, 3.05) is 19.6 Å². The molecule has 8 heteroatoms. The van der Waals surface area contributed by atoms with Gasteiger partial charge in [0.2, 0.25) is 23.4 Å². The highest BCUT2D eigenvalue weighted by molar-refractivity contribution is 5.78. The first-order valence-corrected chi connectivity index (χ1v) is 8.42. The third-order valence-electron chi connectivity index (χ3n) is 4.21. The molecule has 8 nitrogen and oxygen atoms in total. The minimum atomic E-state index is 0.0104. The Balaban J connectivity index is 1.24. The van der Waals surface area contributed by atoms with Gasteiger partial charge in [0, 0.05) is 32.0 Å². The molecule has 0 saturated carbocycles. The number of amides is 1. The first kappa shape index (κ1) is 16.3. The molecule has 1 fully saturated rings. The summed E-state index contributed by atoms with van der Waals surface area (Å²) in [6.45, 7) is 2.35. The zero-order valence-electron chi connectivity index (χ0n) is 14.1. The molecule has 1 aromatic carbocycles. The fraction of sp³-hybridized carbons (Fsp3) is 0.278. The van der Waals surface area contributed by atoms with E-state index in [0.29, 0.717) is 30.6 Å². The Labute approximate surface area is 150 Å². The number of hydrogen-bond acceptors (Lipinski definition) is 7. The van der Waals surface area contributed by atoms with Crippen molar-refractivity contribution in [3.8, 4) is 11.6 Å².